The molecule has 4 nitrogen and oxygen atoms in total. The van der Waals surface area contributed by atoms with Crippen molar-refractivity contribution < 1.29 is 0 Å². The van der Waals surface area contributed by atoms with Gasteiger partial charge in [-0.05, 0) is 52.4 Å². The van der Waals surface area contributed by atoms with E-state index < -0.39 is 0 Å². The molecule has 2 heterocycles. The van der Waals surface area contributed by atoms with Gasteiger partial charge >= 0.3 is 0 Å². The molecule has 1 fully saturated rings. The van der Waals surface area contributed by atoms with Crippen molar-refractivity contribution in [3.05, 3.63) is 18.7 Å². The minimum Gasteiger partial charge on any atom is -0.337 e. The van der Waals surface area contributed by atoms with Gasteiger partial charge in [-0.1, -0.05) is 0 Å². The van der Waals surface area contributed by atoms with E-state index in [0.29, 0.717) is 0 Å². The Morgan fingerprint density at radius 3 is 3.12 bits per heavy atom. The molecule has 1 aromatic rings. The van der Waals surface area contributed by atoms with Gasteiger partial charge in [0, 0.05) is 25.0 Å². The first kappa shape index (κ1) is 12.6. The van der Waals surface area contributed by atoms with Crippen LogP contribution in [0.2, 0.25) is 0 Å². The van der Waals surface area contributed by atoms with Crippen LogP contribution in [0.5, 0.6) is 0 Å². The van der Waals surface area contributed by atoms with Crippen LogP contribution in [-0.2, 0) is 6.54 Å². The Bertz CT molecular complexity index is 296. The predicted octanol–water partition coefficient (Wildman–Crippen LogP) is 1.35. The fraction of sp³-hybridized carbons (Fsp3) is 0.769. The van der Waals surface area contributed by atoms with Crippen LogP contribution in [-0.4, -0.2) is 47.2 Å². The highest BCUT2D eigenvalue weighted by Crippen LogP contribution is 2.09. The van der Waals surface area contributed by atoms with E-state index in [0.717, 1.165) is 19.1 Å². The Balaban J connectivity index is 1.58. The summed E-state index contributed by atoms with van der Waals surface area (Å²) in [6, 6.07) is 0.725. The number of rotatable bonds is 5. The Hall–Kier alpha value is -0.870. The summed E-state index contributed by atoms with van der Waals surface area (Å²) in [5.41, 5.74) is 0. The monoisotopic (exact) mass is 236 g/mol. The van der Waals surface area contributed by atoms with Crippen molar-refractivity contribution in [3.63, 3.8) is 0 Å². The first-order chi connectivity index (χ1) is 8.34. The van der Waals surface area contributed by atoms with Gasteiger partial charge in [-0.2, -0.15) is 0 Å². The number of likely N-dealkylation sites (tertiary alicyclic amines) is 1. The van der Waals surface area contributed by atoms with Crippen molar-refractivity contribution in [3.8, 4) is 0 Å². The Morgan fingerprint density at radius 2 is 2.29 bits per heavy atom. The lowest BCUT2D eigenvalue weighted by atomic mass is 10.1. The second-order valence-electron chi connectivity index (χ2n) is 5.04. The number of imidazole rings is 1. The van der Waals surface area contributed by atoms with E-state index in [-0.39, 0.29) is 0 Å². The molecule has 0 aromatic carbocycles. The smallest absolute Gasteiger partial charge is 0.0945 e. The molecule has 2 rings (SSSR count). The Morgan fingerprint density at radius 1 is 1.35 bits per heavy atom. The number of nitrogens with one attached hydrogen (secondary N) is 1. The molecule has 1 saturated heterocycles. The maximum absolute atomic E-state index is 4.05. The summed E-state index contributed by atoms with van der Waals surface area (Å²) in [5, 5.41) is 3.68. The van der Waals surface area contributed by atoms with Gasteiger partial charge in [0.2, 0.25) is 0 Å². The zero-order valence-electron chi connectivity index (χ0n) is 10.8. The topological polar surface area (TPSA) is 33.1 Å². The molecule has 96 valence electrons. The van der Waals surface area contributed by atoms with Crippen molar-refractivity contribution in [2.75, 3.05) is 26.7 Å². The van der Waals surface area contributed by atoms with Crippen molar-refractivity contribution in [2.45, 2.75) is 38.3 Å². The normalized spacial score (nSPS) is 22.5. The van der Waals surface area contributed by atoms with Crippen LogP contribution in [0.15, 0.2) is 18.7 Å². The molecule has 0 bridgehead atoms. The molecule has 0 aliphatic carbocycles. The van der Waals surface area contributed by atoms with Gasteiger partial charge in [0.05, 0.1) is 6.33 Å². The highest BCUT2D eigenvalue weighted by molar-refractivity contribution is 4.75. The summed E-state index contributed by atoms with van der Waals surface area (Å²) < 4.78 is 2.14. The second kappa shape index (κ2) is 6.77. The van der Waals surface area contributed by atoms with Crippen LogP contribution < -0.4 is 5.32 Å². The average molecular weight is 236 g/mol. The van der Waals surface area contributed by atoms with Crippen LogP contribution in [0.4, 0.5) is 0 Å². The van der Waals surface area contributed by atoms with E-state index in [1.165, 1.54) is 38.8 Å². The lowest BCUT2D eigenvalue weighted by Crippen LogP contribution is -2.31. The van der Waals surface area contributed by atoms with Crippen LogP contribution in [0, 0.1) is 0 Å². The minimum atomic E-state index is 0.725. The van der Waals surface area contributed by atoms with Crippen LogP contribution in [0.1, 0.15) is 25.7 Å². The molecule has 1 aromatic heterocycles. The average Bonchev–Trinajstić information content (AvgIpc) is 2.75. The molecule has 1 N–H and O–H groups in total. The van der Waals surface area contributed by atoms with Gasteiger partial charge in [-0.15, -0.1) is 0 Å². The summed E-state index contributed by atoms with van der Waals surface area (Å²) in [5.74, 6) is 0. The molecule has 0 spiro atoms. The lowest BCUT2D eigenvalue weighted by molar-refractivity contribution is 0.343. The number of aryl methyl sites for hydroxylation is 1. The molecule has 0 saturated carbocycles. The zero-order chi connectivity index (χ0) is 11.9. The van der Waals surface area contributed by atoms with Crippen LogP contribution >= 0.6 is 0 Å². The summed E-state index contributed by atoms with van der Waals surface area (Å²) in [6.07, 6.45) is 10.9. The molecule has 1 aliphatic heterocycles. The number of hydrogen-bond acceptors (Lipinski definition) is 3. The zero-order valence-corrected chi connectivity index (χ0v) is 10.8. The number of nitrogens with zero attached hydrogens (tertiary/aromatic N) is 3. The van der Waals surface area contributed by atoms with Crippen molar-refractivity contribution in [1.82, 2.24) is 19.8 Å². The first-order valence-electron chi connectivity index (χ1n) is 6.72. The predicted molar refractivity (Wildman–Crippen MR) is 70.0 cm³/mol. The highest BCUT2D eigenvalue weighted by Gasteiger charge is 2.13. The van der Waals surface area contributed by atoms with E-state index >= 15 is 0 Å². The van der Waals surface area contributed by atoms with Gasteiger partial charge in [0.25, 0.3) is 0 Å². The van der Waals surface area contributed by atoms with Gasteiger partial charge in [0.15, 0.2) is 0 Å². The number of hydrogen-bond donors (Lipinski definition) is 1. The quantitative estimate of drug-likeness (QED) is 0.783. The minimum absolute atomic E-state index is 0.725. The maximum atomic E-state index is 4.05. The Labute approximate surface area is 104 Å². The molecule has 1 atom stereocenters. The molecule has 1 unspecified atom stereocenters. The maximum Gasteiger partial charge on any atom is 0.0945 e. The molecule has 1 aliphatic rings. The van der Waals surface area contributed by atoms with Crippen molar-refractivity contribution >= 4 is 0 Å². The van der Waals surface area contributed by atoms with Crippen molar-refractivity contribution in [2.24, 2.45) is 0 Å². The second-order valence-corrected chi connectivity index (χ2v) is 5.04. The lowest BCUT2D eigenvalue weighted by Gasteiger charge is -2.16. The highest BCUT2D eigenvalue weighted by atomic mass is 15.1. The van der Waals surface area contributed by atoms with E-state index in [9.17, 15) is 0 Å². The van der Waals surface area contributed by atoms with Crippen LogP contribution in [0.3, 0.4) is 0 Å². The van der Waals surface area contributed by atoms with Gasteiger partial charge in [0.1, 0.15) is 0 Å². The fourth-order valence-corrected chi connectivity index (χ4v) is 2.43. The van der Waals surface area contributed by atoms with Crippen molar-refractivity contribution in [1.29, 1.82) is 0 Å². The summed E-state index contributed by atoms with van der Waals surface area (Å²) in [4.78, 5) is 6.49. The molecule has 4 heteroatoms. The Kier molecular flexibility index (Phi) is 5.01. The molecule has 0 radical (unpaired) electrons. The van der Waals surface area contributed by atoms with Gasteiger partial charge in [-0.3, -0.25) is 0 Å². The SMILES string of the molecule is CN1CCCC(NCCCn2ccnc2)CC1. The van der Waals surface area contributed by atoms with E-state index in [4.69, 9.17) is 0 Å². The van der Waals surface area contributed by atoms with Gasteiger partial charge in [-0.25, -0.2) is 4.98 Å². The summed E-state index contributed by atoms with van der Waals surface area (Å²) in [7, 11) is 2.22. The van der Waals surface area contributed by atoms with E-state index in [1.807, 2.05) is 18.7 Å². The van der Waals surface area contributed by atoms with Crippen LogP contribution in [0.25, 0.3) is 0 Å². The molecular formula is C13H24N4. The molecule has 17 heavy (non-hydrogen) atoms. The fourth-order valence-electron chi connectivity index (χ4n) is 2.43. The first-order valence-corrected chi connectivity index (χ1v) is 6.72. The number of aromatic nitrogens is 2. The third-order valence-corrected chi connectivity index (χ3v) is 3.54. The molecular weight excluding hydrogens is 212 g/mol. The summed E-state index contributed by atoms with van der Waals surface area (Å²) >= 11 is 0. The standard InChI is InChI=1S/C13H24N4/c1-16-8-2-4-13(5-10-16)15-6-3-9-17-11-7-14-12-17/h7,11-13,15H,2-6,8-10H2,1H3. The third-order valence-electron chi connectivity index (χ3n) is 3.54. The summed E-state index contributed by atoms with van der Waals surface area (Å²) in [6.45, 7) is 4.68. The van der Waals surface area contributed by atoms with E-state index in [1.54, 1.807) is 0 Å². The van der Waals surface area contributed by atoms with Gasteiger partial charge < -0.3 is 14.8 Å². The molecule has 0 amide bonds. The third kappa shape index (κ3) is 4.48. The largest absolute Gasteiger partial charge is 0.337 e. The van der Waals surface area contributed by atoms with E-state index in [2.05, 4.69) is 26.8 Å².